The van der Waals surface area contributed by atoms with E-state index in [0.29, 0.717) is 26.3 Å². The largest absolute Gasteiger partial charge is 0.469 e. The molecule has 1 unspecified atom stereocenters. The molecule has 0 fully saturated rings. The number of hydrogen-bond acceptors (Lipinski definition) is 6. The van der Waals surface area contributed by atoms with Gasteiger partial charge in [-0.2, -0.15) is 0 Å². The zero-order valence-corrected chi connectivity index (χ0v) is 12.8. The number of amides is 1. The van der Waals surface area contributed by atoms with Crippen LogP contribution in [0.15, 0.2) is 0 Å². The molecule has 0 radical (unpaired) electrons. The molecule has 0 aliphatic rings. The van der Waals surface area contributed by atoms with E-state index in [-0.39, 0.29) is 30.9 Å². The van der Waals surface area contributed by atoms with Gasteiger partial charge < -0.3 is 19.5 Å². The molecule has 20 heavy (non-hydrogen) atoms. The van der Waals surface area contributed by atoms with Crippen LogP contribution in [0.4, 0.5) is 0 Å². The Kier molecular flexibility index (Phi) is 10.9. The Morgan fingerprint density at radius 3 is 2.40 bits per heavy atom. The Bertz CT molecular complexity index is 286. The standard InChI is InChI=1S/C13H26N2O5/c1-11(10-19-3)14-12(16)9-15(7-8-18-2)6-5-13(17)20-4/h11H,5-10H2,1-4H3,(H,14,16). The van der Waals surface area contributed by atoms with Crippen LogP contribution in [0.5, 0.6) is 0 Å². The van der Waals surface area contributed by atoms with Crippen LogP contribution < -0.4 is 5.32 Å². The Hall–Kier alpha value is -1.18. The first-order valence-electron chi connectivity index (χ1n) is 6.59. The van der Waals surface area contributed by atoms with Crippen molar-refractivity contribution in [2.45, 2.75) is 19.4 Å². The molecule has 0 spiro atoms. The highest BCUT2D eigenvalue weighted by Gasteiger charge is 2.14. The van der Waals surface area contributed by atoms with E-state index in [0.717, 1.165) is 0 Å². The van der Waals surface area contributed by atoms with Crippen molar-refractivity contribution < 1.29 is 23.8 Å². The molecule has 0 bridgehead atoms. The average molecular weight is 290 g/mol. The van der Waals surface area contributed by atoms with Crippen molar-refractivity contribution in [3.05, 3.63) is 0 Å². The molecule has 0 rings (SSSR count). The molecule has 0 aliphatic heterocycles. The zero-order chi connectivity index (χ0) is 15.4. The maximum Gasteiger partial charge on any atom is 0.306 e. The van der Waals surface area contributed by atoms with Crippen molar-refractivity contribution in [1.82, 2.24) is 10.2 Å². The fourth-order valence-corrected chi connectivity index (χ4v) is 1.66. The van der Waals surface area contributed by atoms with Crippen LogP contribution in [0, 0.1) is 0 Å². The first-order valence-corrected chi connectivity index (χ1v) is 6.59. The van der Waals surface area contributed by atoms with E-state index in [4.69, 9.17) is 9.47 Å². The van der Waals surface area contributed by atoms with Crippen LogP contribution in [-0.2, 0) is 23.8 Å². The number of carbonyl (C=O) groups excluding carboxylic acids is 2. The molecule has 7 heteroatoms. The van der Waals surface area contributed by atoms with E-state index < -0.39 is 0 Å². The lowest BCUT2D eigenvalue weighted by Crippen LogP contribution is -2.44. The van der Waals surface area contributed by atoms with Crippen LogP contribution >= 0.6 is 0 Å². The van der Waals surface area contributed by atoms with Crippen molar-refractivity contribution >= 4 is 11.9 Å². The quantitative estimate of drug-likeness (QED) is 0.524. The van der Waals surface area contributed by atoms with Gasteiger partial charge in [0.15, 0.2) is 0 Å². The Balaban J connectivity index is 4.18. The smallest absolute Gasteiger partial charge is 0.306 e. The summed E-state index contributed by atoms with van der Waals surface area (Å²) < 4.78 is 14.5. The summed E-state index contributed by atoms with van der Waals surface area (Å²) in [7, 11) is 4.53. The van der Waals surface area contributed by atoms with Crippen molar-refractivity contribution in [2.75, 3.05) is 54.2 Å². The van der Waals surface area contributed by atoms with Crippen molar-refractivity contribution in [2.24, 2.45) is 0 Å². The molecule has 0 aromatic rings. The maximum absolute atomic E-state index is 11.9. The molecule has 0 aromatic carbocycles. The summed E-state index contributed by atoms with van der Waals surface area (Å²) >= 11 is 0. The van der Waals surface area contributed by atoms with Gasteiger partial charge in [-0.3, -0.25) is 14.5 Å². The van der Waals surface area contributed by atoms with Crippen LogP contribution in [0.2, 0.25) is 0 Å². The summed E-state index contributed by atoms with van der Waals surface area (Å²) in [5, 5.41) is 2.83. The molecule has 0 saturated carbocycles. The minimum atomic E-state index is -0.291. The second-order valence-electron chi connectivity index (χ2n) is 4.52. The molecular weight excluding hydrogens is 264 g/mol. The first-order chi connectivity index (χ1) is 9.53. The van der Waals surface area contributed by atoms with E-state index in [1.54, 1.807) is 14.2 Å². The molecule has 0 heterocycles. The second-order valence-corrected chi connectivity index (χ2v) is 4.52. The van der Waals surface area contributed by atoms with Crippen molar-refractivity contribution in [3.63, 3.8) is 0 Å². The first kappa shape index (κ1) is 18.8. The third kappa shape index (κ3) is 9.71. The van der Waals surface area contributed by atoms with Gasteiger partial charge in [0.2, 0.25) is 5.91 Å². The number of methoxy groups -OCH3 is 3. The lowest BCUT2D eigenvalue weighted by Gasteiger charge is -2.22. The monoisotopic (exact) mass is 290 g/mol. The van der Waals surface area contributed by atoms with Crippen LogP contribution in [-0.4, -0.2) is 77.0 Å². The van der Waals surface area contributed by atoms with Gasteiger partial charge in [-0.15, -0.1) is 0 Å². The number of carbonyl (C=O) groups is 2. The average Bonchev–Trinajstić information content (AvgIpc) is 2.41. The van der Waals surface area contributed by atoms with E-state index in [9.17, 15) is 9.59 Å². The molecule has 0 aromatic heterocycles. The molecule has 0 aliphatic carbocycles. The molecular formula is C13H26N2O5. The molecule has 1 atom stereocenters. The van der Waals surface area contributed by atoms with Gasteiger partial charge in [-0.25, -0.2) is 0 Å². The summed E-state index contributed by atoms with van der Waals surface area (Å²) in [6.45, 7) is 4.10. The van der Waals surface area contributed by atoms with Gasteiger partial charge in [0.1, 0.15) is 0 Å². The molecule has 0 saturated heterocycles. The minimum absolute atomic E-state index is 0.0441. The third-order valence-corrected chi connectivity index (χ3v) is 2.66. The predicted octanol–water partition coefficient (Wildman–Crippen LogP) is -0.351. The number of nitrogens with one attached hydrogen (secondary N) is 1. The van der Waals surface area contributed by atoms with Crippen molar-refractivity contribution in [3.8, 4) is 0 Å². The van der Waals surface area contributed by atoms with E-state index in [2.05, 4.69) is 10.1 Å². The highest BCUT2D eigenvalue weighted by molar-refractivity contribution is 5.78. The maximum atomic E-state index is 11.9. The number of nitrogens with zero attached hydrogens (tertiary/aromatic N) is 1. The molecule has 1 amide bonds. The lowest BCUT2D eigenvalue weighted by atomic mass is 10.3. The summed E-state index contributed by atoms with van der Waals surface area (Å²) in [4.78, 5) is 24.8. The fraction of sp³-hybridized carbons (Fsp3) is 0.846. The number of hydrogen-bond donors (Lipinski definition) is 1. The number of ether oxygens (including phenoxy) is 3. The van der Waals surface area contributed by atoms with Crippen LogP contribution in [0.1, 0.15) is 13.3 Å². The topological polar surface area (TPSA) is 77.1 Å². The Labute approximate surface area is 120 Å². The summed E-state index contributed by atoms with van der Waals surface area (Å²) in [6.07, 6.45) is 0.251. The van der Waals surface area contributed by atoms with Crippen LogP contribution in [0.3, 0.4) is 0 Å². The van der Waals surface area contributed by atoms with E-state index in [1.807, 2.05) is 11.8 Å². The SMILES string of the molecule is COCCN(CCC(=O)OC)CC(=O)NC(C)COC. The molecule has 7 nitrogen and oxygen atoms in total. The number of esters is 1. The van der Waals surface area contributed by atoms with E-state index >= 15 is 0 Å². The third-order valence-electron chi connectivity index (χ3n) is 2.66. The number of rotatable bonds is 11. The van der Waals surface area contributed by atoms with Gasteiger partial charge in [0.25, 0.3) is 0 Å². The van der Waals surface area contributed by atoms with Gasteiger partial charge in [0, 0.05) is 33.4 Å². The van der Waals surface area contributed by atoms with Gasteiger partial charge in [-0.05, 0) is 6.92 Å². The predicted molar refractivity (Wildman–Crippen MR) is 74.4 cm³/mol. The second kappa shape index (κ2) is 11.6. The van der Waals surface area contributed by atoms with Crippen LogP contribution in [0.25, 0.3) is 0 Å². The minimum Gasteiger partial charge on any atom is -0.469 e. The highest BCUT2D eigenvalue weighted by atomic mass is 16.5. The summed E-state index contributed by atoms with van der Waals surface area (Å²) in [5.41, 5.74) is 0. The fourth-order valence-electron chi connectivity index (χ4n) is 1.66. The highest BCUT2D eigenvalue weighted by Crippen LogP contribution is 1.95. The summed E-state index contributed by atoms with van der Waals surface area (Å²) in [6, 6.07) is -0.0441. The zero-order valence-electron chi connectivity index (χ0n) is 12.8. The summed E-state index contributed by atoms with van der Waals surface area (Å²) in [5.74, 6) is -0.393. The Morgan fingerprint density at radius 2 is 1.85 bits per heavy atom. The normalized spacial score (nSPS) is 12.2. The Morgan fingerprint density at radius 1 is 1.15 bits per heavy atom. The molecule has 1 N–H and O–H groups in total. The van der Waals surface area contributed by atoms with E-state index in [1.165, 1.54) is 7.11 Å². The van der Waals surface area contributed by atoms with Gasteiger partial charge in [0.05, 0.1) is 33.3 Å². The van der Waals surface area contributed by atoms with Gasteiger partial charge >= 0.3 is 5.97 Å². The lowest BCUT2D eigenvalue weighted by molar-refractivity contribution is -0.141. The van der Waals surface area contributed by atoms with Gasteiger partial charge in [-0.1, -0.05) is 0 Å². The molecule has 118 valence electrons. The van der Waals surface area contributed by atoms with Crippen molar-refractivity contribution in [1.29, 1.82) is 0 Å².